The van der Waals surface area contributed by atoms with Crippen LogP contribution in [-0.2, 0) is 14.3 Å². The normalized spacial score (nSPS) is 18.0. The Balaban J connectivity index is 1.34. The zero-order valence-electron chi connectivity index (χ0n) is 18.1. The summed E-state index contributed by atoms with van der Waals surface area (Å²) in [4.78, 5) is 38.0. The van der Waals surface area contributed by atoms with Gasteiger partial charge in [0, 0.05) is 19.0 Å². The molecule has 2 aliphatic rings. The Morgan fingerprint density at radius 3 is 2.31 bits per heavy atom. The maximum Gasteiger partial charge on any atom is 0.407 e. The van der Waals surface area contributed by atoms with Crippen LogP contribution in [0.25, 0.3) is 11.1 Å². The molecule has 0 bridgehead atoms. The minimum Gasteiger partial charge on any atom is -0.480 e. The van der Waals surface area contributed by atoms with Crippen molar-refractivity contribution in [3.8, 4) is 11.1 Å². The molecule has 1 heterocycles. The van der Waals surface area contributed by atoms with Crippen LogP contribution in [0.15, 0.2) is 48.5 Å². The van der Waals surface area contributed by atoms with E-state index in [-0.39, 0.29) is 25.0 Å². The molecule has 1 aliphatic carbocycles. The van der Waals surface area contributed by atoms with Crippen LogP contribution >= 0.6 is 0 Å². The van der Waals surface area contributed by atoms with Crippen molar-refractivity contribution in [2.24, 2.45) is 5.92 Å². The number of nitrogens with one attached hydrogen (secondary N) is 1. The van der Waals surface area contributed by atoms with E-state index in [4.69, 9.17) is 4.74 Å². The molecular formula is C25H28N2O5. The molecule has 2 amide bonds. The molecule has 4 rings (SSSR count). The molecule has 32 heavy (non-hydrogen) atoms. The fraction of sp³-hybridized carbons (Fsp3) is 0.400. The molecule has 0 saturated carbocycles. The van der Waals surface area contributed by atoms with Crippen molar-refractivity contribution in [3.63, 3.8) is 0 Å². The number of rotatable bonds is 7. The molecule has 2 N–H and O–H groups in total. The summed E-state index contributed by atoms with van der Waals surface area (Å²) in [5.74, 6) is -1.71. The molecule has 168 valence electrons. The predicted molar refractivity (Wildman–Crippen MR) is 119 cm³/mol. The fourth-order valence-electron chi connectivity index (χ4n) is 4.78. The molecule has 2 aromatic rings. The van der Waals surface area contributed by atoms with Crippen molar-refractivity contribution in [1.29, 1.82) is 0 Å². The van der Waals surface area contributed by atoms with Gasteiger partial charge in [-0.2, -0.15) is 0 Å². The van der Waals surface area contributed by atoms with E-state index in [1.165, 1.54) is 4.90 Å². The lowest BCUT2D eigenvalue weighted by atomic mass is 9.98. The van der Waals surface area contributed by atoms with Gasteiger partial charge in [-0.1, -0.05) is 55.5 Å². The van der Waals surface area contributed by atoms with E-state index in [9.17, 15) is 19.5 Å². The summed E-state index contributed by atoms with van der Waals surface area (Å²) < 4.78 is 5.53. The van der Waals surface area contributed by atoms with Crippen LogP contribution in [-0.4, -0.2) is 53.7 Å². The first-order chi connectivity index (χ1) is 15.5. The first kappa shape index (κ1) is 21.9. The largest absolute Gasteiger partial charge is 0.480 e. The third-order valence-corrected chi connectivity index (χ3v) is 6.50. The summed E-state index contributed by atoms with van der Waals surface area (Å²) in [6, 6.07) is 15.5. The third kappa shape index (κ3) is 4.20. The number of carboxylic acids is 1. The Morgan fingerprint density at radius 1 is 1.09 bits per heavy atom. The number of benzene rings is 2. The Bertz CT molecular complexity index is 975. The minimum atomic E-state index is -0.977. The molecule has 7 heteroatoms. The second-order valence-corrected chi connectivity index (χ2v) is 8.34. The summed E-state index contributed by atoms with van der Waals surface area (Å²) in [5, 5.41) is 12.0. The number of amides is 2. The SMILES string of the molecule is CCC(CNC(=O)OCC1c2ccccc2-c2ccccc21)C(=O)N1CCC[C@H]1C(=O)O. The lowest BCUT2D eigenvalue weighted by Crippen LogP contribution is -2.46. The van der Waals surface area contributed by atoms with Crippen LogP contribution < -0.4 is 5.32 Å². The Labute approximate surface area is 187 Å². The average Bonchev–Trinajstić information content (AvgIpc) is 3.41. The highest BCUT2D eigenvalue weighted by atomic mass is 16.5. The number of nitrogens with zero attached hydrogens (tertiary/aromatic N) is 1. The molecule has 0 aromatic heterocycles. The van der Waals surface area contributed by atoms with E-state index >= 15 is 0 Å². The number of hydrogen-bond donors (Lipinski definition) is 2. The molecule has 0 spiro atoms. The number of ether oxygens (including phenoxy) is 1. The van der Waals surface area contributed by atoms with Crippen molar-refractivity contribution in [1.82, 2.24) is 10.2 Å². The van der Waals surface area contributed by atoms with Crippen molar-refractivity contribution >= 4 is 18.0 Å². The first-order valence-corrected chi connectivity index (χ1v) is 11.1. The minimum absolute atomic E-state index is 0.0299. The van der Waals surface area contributed by atoms with Gasteiger partial charge in [-0.05, 0) is 41.5 Å². The quantitative estimate of drug-likeness (QED) is 0.691. The van der Waals surface area contributed by atoms with E-state index in [0.29, 0.717) is 25.8 Å². The summed E-state index contributed by atoms with van der Waals surface area (Å²) in [7, 11) is 0. The Kier molecular flexibility index (Phi) is 6.44. The van der Waals surface area contributed by atoms with Gasteiger partial charge in [0.1, 0.15) is 12.6 Å². The number of likely N-dealkylation sites (tertiary alicyclic amines) is 1. The molecule has 0 radical (unpaired) electrons. The monoisotopic (exact) mass is 436 g/mol. The maximum absolute atomic E-state index is 12.8. The standard InChI is InChI=1S/C25H28N2O5/c1-2-16(23(28)27-13-7-12-22(27)24(29)30)14-26-25(31)32-15-21-19-10-5-3-8-17(19)18-9-4-6-11-20(18)21/h3-6,8-11,16,21-22H,2,7,12-15H2,1H3,(H,26,31)(H,29,30)/t16?,22-/m0/s1. The fourth-order valence-corrected chi connectivity index (χ4v) is 4.78. The van der Waals surface area contributed by atoms with Crippen molar-refractivity contribution < 1.29 is 24.2 Å². The van der Waals surface area contributed by atoms with Gasteiger partial charge in [0.15, 0.2) is 0 Å². The smallest absolute Gasteiger partial charge is 0.407 e. The zero-order chi connectivity index (χ0) is 22.7. The average molecular weight is 437 g/mol. The van der Waals surface area contributed by atoms with E-state index in [0.717, 1.165) is 22.3 Å². The first-order valence-electron chi connectivity index (χ1n) is 11.1. The van der Waals surface area contributed by atoms with Gasteiger partial charge in [0.05, 0.1) is 5.92 Å². The van der Waals surface area contributed by atoms with Crippen LogP contribution in [0.5, 0.6) is 0 Å². The molecule has 7 nitrogen and oxygen atoms in total. The van der Waals surface area contributed by atoms with Gasteiger partial charge in [-0.25, -0.2) is 9.59 Å². The van der Waals surface area contributed by atoms with Crippen LogP contribution in [0.3, 0.4) is 0 Å². The van der Waals surface area contributed by atoms with E-state index in [1.54, 1.807) is 0 Å². The van der Waals surface area contributed by atoms with E-state index in [2.05, 4.69) is 29.6 Å². The van der Waals surface area contributed by atoms with Crippen LogP contribution in [0.4, 0.5) is 4.79 Å². The number of carbonyl (C=O) groups excluding carboxylic acids is 2. The summed E-state index contributed by atoms with van der Waals surface area (Å²) >= 11 is 0. The van der Waals surface area contributed by atoms with Crippen LogP contribution in [0.1, 0.15) is 43.2 Å². The summed E-state index contributed by atoms with van der Waals surface area (Å²) in [6.07, 6.45) is 1.08. The zero-order valence-corrected chi connectivity index (χ0v) is 18.1. The summed E-state index contributed by atoms with van der Waals surface area (Å²) in [5.41, 5.74) is 4.59. The van der Waals surface area contributed by atoms with Gasteiger partial charge in [0.25, 0.3) is 0 Å². The van der Waals surface area contributed by atoms with Gasteiger partial charge >= 0.3 is 12.1 Å². The van der Waals surface area contributed by atoms with Crippen LogP contribution in [0.2, 0.25) is 0 Å². The third-order valence-electron chi connectivity index (χ3n) is 6.50. The number of carbonyl (C=O) groups is 3. The van der Waals surface area contributed by atoms with Crippen molar-refractivity contribution in [3.05, 3.63) is 59.7 Å². The highest BCUT2D eigenvalue weighted by Crippen LogP contribution is 2.44. The lowest BCUT2D eigenvalue weighted by Gasteiger charge is -2.26. The van der Waals surface area contributed by atoms with Gasteiger partial charge in [-0.15, -0.1) is 0 Å². The van der Waals surface area contributed by atoms with E-state index < -0.39 is 24.0 Å². The number of fused-ring (bicyclic) bond motifs is 3. The number of carboxylic acid groups (broad SMARTS) is 1. The Hall–Kier alpha value is -3.35. The van der Waals surface area contributed by atoms with E-state index in [1.807, 2.05) is 31.2 Å². The molecule has 1 unspecified atom stereocenters. The van der Waals surface area contributed by atoms with Gasteiger partial charge in [0.2, 0.25) is 5.91 Å². The van der Waals surface area contributed by atoms with Crippen LogP contribution in [0, 0.1) is 5.92 Å². The second kappa shape index (κ2) is 9.42. The summed E-state index contributed by atoms with van der Waals surface area (Å²) in [6.45, 7) is 2.62. The highest BCUT2D eigenvalue weighted by Gasteiger charge is 2.36. The number of alkyl carbamates (subject to hydrolysis) is 1. The maximum atomic E-state index is 12.8. The Morgan fingerprint density at radius 2 is 1.72 bits per heavy atom. The van der Waals surface area contributed by atoms with Gasteiger partial charge in [-0.3, -0.25) is 4.79 Å². The molecule has 2 atom stereocenters. The second-order valence-electron chi connectivity index (χ2n) is 8.34. The topological polar surface area (TPSA) is 95.9 Å². The molecule has 1 fully saturated rings. The molecular weight excluding hydrogens is 408 g/mol. The molecule has 1 aliphatic heterocycles. The predicted octanol–water partition coefficient (Wildman–Crippen LogP) is 3.63. The van der Waals surface area contributed by atoms with Crippen molar-refractivity contribution in [2.75, 3.05) is 19.7 Å². The van der Waals surface area contributed by atoms with Gasteiger partial charge < -0.3 is 20.1 Å². The number of hydrogen-bond acceptors (Lipinski definition) is 4. The molecule has 2 aromatic carbocycles. The lowest BCUT2D eigenvalue weighted by molar-refractivity contribution is -0.149. The highest BCUT2D eigenvalue weighted by molar-refractivity contribution is 5.86. The molecule has 1 saturated heterocycles. The number of aliphatic carboxylic acids is 1. The van der Waals surface area contributed by atoms with Crippen molar-refractivity contribution in [2.45, 2.75) is 38.1 Å².